The number of hydrogen-bond acceptors (Lipinski definition) is 4. The highest BCUT2D eigenvalue weighted by Gasteiger charge is 2.25. The maximum absolute atomic E-state index is 12.6. The Morgan fingerprint density at radius 3 is 2.59 bits per heavy atom. The van der Waals surface area contributed by atoms with Crippen molar-refractivity contribution in [2.45, 2.75) is 32.7 Å². The predicted octanol–water partition coefficient (Wildman–Crippen LogP) is 4.54. The quantitative estimate of drug-likeness (QED) is 0.449. The third-order valence-electron chi connectivity index (χ3n) is 2.73. The molecule has 2 atom stereocenters. The van der Waals surface area contributed by atoms with Gasteiger partial charge in [0.1, 0.15) is 5.76 Å². The van der Waals surface area contributed by atoms with Gasteiger partial charge >= 0.3 is 7.60 Å². The van der Waals surface area contributed by atoms with Crippen LogP contribution < -0.4 is 5.73 Å². The normalized spacial score (nSPS) is 14.4. The Hall–Kier alpha value is -1.24. The molecule has 0 aromatic heterocycles. The number of benzene rings is 1. The van der Waals surface area contributed by atoms with Gasteiger partial charge in [-0.3, -0.25) is 4.52 Å². The number of nitrogens with two attached hydrogens (primary N) is 1. The zero-order valence-corrected chi connectivity index (χ0v) is 14.5. The molecule has 0 bridgehead atoms. The third kappa shape index (κ3) is 6.25. The molecule has 22 heavy (non-hydrogen) atoms. The van der Waals surface area contributed by atoms with E-state index in [1.807, 2.05) is 6.92 Å². The fraction of sp³-hybridized carbons (Fsp3) is 0.375. The van der Waals surface area contributed by atoms with E-state index < -0.39 is 13.6 Å². The average molecular weight is 342 g/mol. The summed E-state index contributed by atoms with van der Waals surface area (Å²) in [5.41, 5.74) is 9.12. The van der Waals surface area contributed by atoms with Crippen LogP contribution in [0.2, 0.25) is 5.02 Å². The summed E-state index contributed by atoms with van der Waals surface area (Å²) in [4.78, 5) is 0. The lowest BCUT2D eigenvalue weighted by Crippen LogP contribution is -2.22. The van der Waals surface area contributed by atoms with E-state index in [2.05, 4.69) is 18.2 Å². The predicted molar refractivity (Wildman–Crippen MR) is 90.7 cm³/mol. The molecule has 0 saturated carbocycles. The molecule has 0 aliphatic heterocycles. The zero-order chi connectivity index (χ0) is 16.6. The smallest absolute Gasteiger partial charge is 0.419 e. The lowest BCUT2D eigenvalue weighted by Gasteiger charge is -2.18. The fourth-order valence-electron chi connectivity index (χ4n) is 1.61. The van der Waals surface area contributed by atoms with Gasteiger partial charge in [-0.05, 0) is 37.6 Å². The first-order chi connectivity index (χ1) is 10.4. The van der Waals surface area contributed by atoms with Gasteiger partial charge in [0.2, 0.25) is 0 Å². The molecule has 0 heterocycles. The van der Waals surface area contributed by atoms with Crippen molar-refractivity contribution in [3.8, 4) is 11.6 Å². The van der Waals surface area contributed by atoms with E-state index in [0.29, 0.717) is 17.0 Å². The Balaban J connectivity index is 2.89. The van der Waals surface area contributed by atoms with Crippen LogP contribution in [0.5, 0.6) is 0 Å². The van der Waals surface area contributed by atoms with Crippen LogP contribution in [0.25, 0.3) is 0 Å². The summed E-state index contributed by atoms with van der Waals surface area (Å²) in [7, 11) is -3.60. The van der Waals surface area contributed by atoms with Gasteiger partial charge in [0.15, 0.2) is 0 Å². The average Bonchev–Trinajstić information content (AvgIpc) is 2.47. The van der Waals surface area contributed by atoms with Crippen molar-refractivity contribution in [1.29, 1.82) is 0 Å². The van der Waals surface area contributed by atoms with E-state index in [-0.39, 0.29) is 12.4 Å². The molecule has 0 aliphatic carbocycles. The van der Waals surface area contributed by atoms with Crippen molar-refractivity contribution in [3.63, 3.8) is 0 Å². The van der Waals surface area contributed by atoms with Crippen molar-refractivity contribution >= 4 is 19.2 Å². The first kappa shape index (κ1) is 18.8. The van der Waals surface area contributed by atoms with E-state index in [4.69, 9.17) is 26.4 Å². The maximum Gasteiger partial charge on any atom is 0.456 e. The topological polar surface area (TPSA) is 61.5 Å². The van der Waals surface area contributed by atoms with Gasteiger partial charge in [-0.1, -0.05) is 37.4 Å². The Labute approximate surface area is 137 Å². The molecule has 2 N–H and O–H groups in total. The van der Waals surface area contributed by atoms with Crippen molar-refractivity contribution < 1.29 is 13.6 Å². The molecule has 120 valence electrons. The van der Waals surface area contributed by atoms with E-state index >= 15 is 0 Å². The molecule has 0 radical (unpaired) electrons. The number of rotatable bonds is 7. The van der Waals surface area contributed by atoms with Crippen molar-refractivity contribution in [2.75, 3.05) is 6.61 Å². The van der Waals surface area contributed by atoms with Gasteiger partial charge in [-0.2, -0.15) is 0 Å². The molecular formula is C16H21ClNO3P. The van der Waals surface area contributed by atoms with Crippen LogP contribution in [0.4, 0.5) is 0 Å². The van der Waals surface area contributed by atoms with Crippen LogP contribution in [-0.2, 0) is 13.6 Å². The summed E-state index contributed by atoms with van der Waals surface area (Å²) in [6, 6.07) is 6.46. The number of halogens is 1. The third-order valence-corrected chi connectivity index (χ3v) is 4.44. The highest BCUT2D eigenvalue weighted by Crippen LogP contribution is 2.49. The SMILES string of the molecule is C=C(OP(=O)(C#Cc1ccc(Cl)cc1)OCC)C(N)CCC. The monoisotopic (exact) mass is 341 g/mol. The lowest BCUT2D eigenvalue weighted by atomic mass is 10.1. The van der Waals surface area contributed by atoms with Gasteiger partial charge in [0.05, 0.1) is 12.6 Å². The molecule has 0 amide bonds. The van der Waals surface area contributed by atoms with Crippen molar-refractivity contribution in [3.05, 3.63) is 47.2 Å². The van der Waals surface area contributed by atoms with Gasteiger partial charge in [-0.25, -0.2) is 4.57 Å². The molecule has 1 aromatic rings. The van der Waals surface area contributed by atoms with E-state index in [0.717, 1.165) is 6.42 Å². The lowest BCUT2D eigenvalue weighted by molar-refractivity contribution is 0.251. The molecule has 2 unspecified atom stereocenters. The molecule has 1 rings (SSSR count). The first-order valence-electron chi connectivity index (χ1n) is 7.07. The highest BCUT2D eigenvalue weighted by atomic mass is 35.5. The van der Waals surface area contributed by atoms with Crippen LogP contribution in [0.1, 0.15) is 32.3 Å². The molecule has 1 aromatic carbocycles. The molecule has 4 nitrogen and oxygen atoms in total. The van der Waals surface area contributed by atoms with Crippen LogP contribution in [0.15, 0.2) is 36.6 Å². The summed E-state index contributed by atoms with van der Waals surface area (Å²) < 4.78 is 23.2. The summed E-state index contributed by atoms with van der Waals surface area (Å²) in [6.07, 6.45) is 1.56. The Kier molecular flexibility index (Phi) is 7.72. The zero-order valence-electron chi connectivity index (χ0n) is 12.8. The number of hydrogen-bond donors (Lipinski definition) is 1. The van der Waals surface area contributed by atoms with E-state index in [1.165, 1.54) is 0 Å². The van der Waals surface area contributed by atoms with E-state index in [9.17, 15) is 4.57 Å². The summed E-state index contributed by atoms with van der Waals surface area (Å²) in [6.45, 7) is 7.65. The van der Waals surface area contributed by atoms with Crippen LogP contribution >= 0.6 is 19.2 Å². The van der Waals surface area contributed by atoms with Gasteiger partial charge < -0.3 is 10.3 Å². The standard InChI is InChI=1S/C16H21ClNO3P/c1-4-6-16(18)13(3)21-22(19,20-5-2)12-11-14-7-9-15(17)10-8-14/h7-10,16H,3-6,18H2,1-2H3. The van der Waals surface area contributed by atoms with E-state index in [1.54, 1.807) is 31.2 Å². The van der Waals surface area contributed by atoms with Gasteiger partial charge in [0.25, 0.3) is 0 Å². The second-order valence-corrected chi connectivity index (χ2v) is 6.71. The fourth-order valence-corrected chi connectivity index (χ4v) is 2.95. The second-order valence-electron chi connectivity index (χ2n) is 4.61. The Morgan fingerprint density at radius 1 is 1.41 bits per heavy atom. The first-order valence-corrected chi connectivity index (χ1v) is 8.99. The Morgan fingerprint density at radius 2 is 2.05 bits per heavy atom. The van der Waals surface area contributed by atoms with Crippen LogP contribution in [0.3, 0.4) is 0 Å². The largest absolute Gasteiger partial charge is 0.456 e. The second kappa shape index (κ2) is 9.02. The van der Waals surface area contributed by atoms with Crippen LogP contribution in [0, 0.1) is 11.6 Å². The molecular weight excluding hydrogens is 321 g/mol. The Bertz CT molecular complexity index is 604. The molecule has 0 fully saturated rings. The molecule has 0 spiro atoms. The van der Waals surface area contributed by atoms with Gasteiger partial charge in [0, 0.05) is 16.2 Å². The minimum atomic E-state index is -3.60. The summed E-state index contributed by atoms with van der Waals surface area (Å²) in [5, 5.41) is 0.605. The summed E-state index contributed by atoms with van der Waals surface area (Å²) >= 11 is 5.81. The minimum Gasteiger partial charge on any atom is -0.419 e. The van der Waals surface area contributed by atoms with Crippen molar-refractivity contribution in [2.24, 2.45) is 5.73 Å². The highest BCUT2D eigenvalue weighted by molar-refractivity contribution is 7.59. The molecule has 0 aliphatic rings. The van der Waals surface area contributed by atoms with Crippen molar-refractivity contribution in [1.82, 2.24) is 0 Å². The van der Waals surface area contributed by atoms with Crippen LogP contribution in [-0.4, -0.2) is 12.6 Å². The van der Waals surface area contributed by atoms with Gasteiger partial charge in [-0.15, -0.1) is 0 Å². The molecule has 6 heteroatoms. The summed E-state index contributed by atoms with van der Waals surface area (Å²) in [5.74, 6) is 3.00. The minimum absolute atomic E-state index is 0.211. The molecule has 0 saturated heterocycles. The maximum atomic E-state index is 12.6.